The van der Waals surface area contributed by atoms with Crippen LogP contribution in [0.4, 0.5) is 0 Å². The van der Waals surface area contributed by atoms with Crippen LogP contribution in [0.5, 0.6) is 0 Å². The van der Waals surface area contributed by atoms with Gasteiger partial charge in [-0.3, -0.25) is 9.59 Å². The van der Waals surface area contributed by atoms with E-state index < -0.39 is 111 Å². The van der Waals surface area contributed by atoms with Crippen molar-refractivity contribution in [2.45, 2.75) is 269 Å². The number of hydrogen-bond acceptors (Lipinski definition) is 14. The highest BCUT2D eigenvalue weighted by molar-refractivity contribution is 5.73. The molecule has 0 aromatic heterocycles. The summed E-state index contributed by atoms with van der Waals surface area (Å²) in [6.45, 7) is 11.3. The van der Waals surface area contributed by atoms with Gasteiger partial charge >= 0.3 is 11.9 Å². The second-order valence-corrected chi connectivity index (χ2v) is 20.2. The molecule has 376 valence electrons. The average molecular weight is 917 g/mol. The maximum absolute atomic E-state index is 13.6. The molecule has 14 atom stereocenters. The predicted molar refractivity (Wildman–Crippen MR) is 244 cm³/mol. The molecule has 3 fully saturated rings. The molecule has 3 aliphatic rings. The average Bonchev–Trinajstić information content (AvgIpc) is 3.26. The molecule has 0 aromatic carbocycles. The highest BCUT2D eigenvalue weighted by Gasteiger charge is 2.49. The van der Waals surface area contributed by atoms with Crippen LogP contribution >= 0.6 is 0 Å². The summed E-state index contributed by atoms with van der Waals surface area (Å²) < 4.78 is 35.7. The second kappa shape index (κ2) is 31.6. The summed E-state index contributed by atoms with van der Waals surface area (Å²) in [6.07, 6.45) is 8.48. The minimum Gasteiger partial charge on any atom is -0.463 e. The molecular formula is C50H92O14. The van der Waals surface area contributed by atoms with Crippen LogP contribution < -0.4 is 0 Å². The van der Waals surface area contributed by atoms with Crippen LogP contribution in [0.3, 0.4) is 0 Å². The first-order chi connectivity index (χ1) is 30.6. The van der Waals surface area contributed by atoms with Crippen molar-refractivity contribution >= 4 is 11.9 Å². The largest absolute Gasteiger partial charge is 0.463 e. The lowest BCUT2D eigenvalue weighted by atomic mass is 9.95. The van der Waals surface area contributed by atoms with Gasteiger partial charge in [-0.2, -0.15) is 0 Å². The zero-order chi connectivity index (χ0) is 47.0. The standard InChI is InChI=1S/C50H92O14/c1-33(2)27-23-19-15-11-7-9-13-17-21-25-29-37-35(5)47(57)59-31-40-42(52)44(54)46(56)50(64-40)62-38(30-26-22-18-14-10-8-12-16-20-24-28-34(3)4)36(6)48(58)60-32-39-41(51)43(53)45(55)49(61-37)63-39/h33-46,49-56H,7-32H2,1-6H3/t35-,36-,37-,38+,39+,40+,41+,42+,43-,44-,45+,46+,49+,50+/m0/s1. The number of unbranched alkanes of at least 4 members (excludes halogenated alkanes) is 18. The van der Waals surface area contributed by atoms with Crippen molar-refractivity contribution in [2.24, 2.45) is 23.7 Å². The Hall–Kier alpha value is -1.46. The molecule has 0 unspecified atom stereocenters. The van der Waals surface area contributed by atoms with Crippen molar-refractivity contribution in [1.82, 2.24) is 0 Å². The predicted octanol–water partition coefficient (Wildman–Crippen LogP) is 7.42. The summed E-state index contributed by atoms with van der Waals surface area (Å²) in [5.74, 6) is -1.72. The van der Waals surface area contributed by atoms with Crippen LogP contribution in [0, 0.1) is 23.7 Å². The van der Waals surface area contributed by atoms with E-state index in [0.29, 0.717) is 25.7 Å². The molecule has 64 heavy (non-hydrogen) atoms. The van der Waals surface area contributed by atoms with Gasteiger partial charge in [0.25, 0.3) is 0 Å². The molecule has 0 aromatic rings. The molecule has 0 aliphatic carbocycles. The monoisotopic (exact) mass is 917 g/mol. The minimum absolute atomic E-state index is 0.387. The molecular weight excluding hydrogens is 825 g/mol. The molecule has 3 rings (SSSR count). The van der Waals surface area contributed by atoms with Gasteiger partial charge in [0.2, 0.25) is 0 Å². The molecule has 0 radical (unpaired) electrons. The number of fused-ring (bicyclic) bond motifs is 4. The van der Waals surface area contributed by atoms with Crippen LogP contribution in [0.2, 0.25) is 0 Å². The van der Waals surface area contributed by atoms with E-state index in [0.717, 1.165) is 63.2 Å². The quantitative estimate of drug-likeness (QED) is 0.0369. The van der Waals surface area contributed by atoms with Gasteiger partial charge in [-0.25, -0.2) is 0 Å². The first-order valence-electron chi connectivity index (χ1n) is 25.7. The lowest BCUT2D eigenvalue weighted by molar-refractivity contribution is -0.320. The van der Waals surface area contributed by atoms with Gasteiger partial charge in [-0.1, -0.05) is 169 Å². The second-order valence-electron chi connectivity index (χ2n) is 20.2. The van der Waals surface area contributed by atoms with Crippen molar-refractivity contribution in [3.8, 4) is 0 Å². The number of esters is 2. The third-order valence-electron chi connectivity index (χ3n) is 13.6. The lowest BCUT2D eigenvalue weighted by Crippen LogP contribution is -2.61. The number of aliphatic hydroxyl groups is 6. The normalized spacial score (nSPS) is 33.5. The van der Waals surface area contributed by atoms with E-state index in [9.17, 15) is 40.2 Å². The van der Waals surface area contributed by atoms with E-state index >= 15 is 0 Å². The van der Waals surface area contributed by atoms with Crippen molar-refractivity contribution in [3.05, 3.63) is 0 Å². The summed E-state index contributed by atoms with van der Waals surface area (Å²) >= 11 is 0. The van der Waals surface area contributed by atoms with E-state index in [1.54, 1.807) is 13.8 Å². The van der Waals surface area contributed by atoms with Crippen LogP contribution in [0.25, 0.3) is 0 Å². The summed E-state index contributed by atoms with van der Waals surface area (Å²) in [7, 11) is 0. The number of rotatable bonds is 26. The molecule has 0 saturated carbocycles. The minimum atomic E-state index is -1.69. The van der Waals surface area contributed by atoms with Gasteiger partial charge in [-0.15, -0.1) is 0 Å². The Kier molecular flexibility index (Phi) is 28.0. The fourth-order valence-electron chi connectivity index (χ4n) is 9.07. The van der Waals surface area contributed by atoms with Gasteiger partial charge < -0.3 is 59.1 Å². The first-order valence-corrected chi connectivity index (χ1v) is 25.7. The highest BCUT2D eigenvalue weighted by Crippen LogP contribution is 2.31. The van der Waals surface area contributed by atoms with Gasteiger partial charge in [0.1, 0.15) is 62.0 Å². The molecule has 14 heteroatoms. The van der Waals surface area contributed by atoms with E-state index in [1.807, 2.05) is 0 Å². The van der Waals surface area contributed by atoms with E-state index in [-0.39, 0.29) is 0 Å². The number of cyclic esters (lactones) is 2. The van der Waals surface area contributed by atoms with Gasteiger partial charge in [0.05, 0.1) is 24.0 Å². The number of carbonyl (C=O) groups is 2. The molecule has 0 amide bonds. The van der Waals surface area contributed by atoms with Crippen LogP contribution in [0.1, 0.15) is 196 Å². The molecule has 3 aliphatic heterocycles. The molecule has 6 N–H and O–H groups in total. The number of aliphatic hydroxyl groups excluding tert-OH is 6. The molecule has 14 nitrogen and oxygen atoms in total. The van der Waals surface area contributed by atoms with Crippen molar-refractivity contribution in [1.29, 1.82) is 0 Å². The molecule has 4 bridgehead atoms. The zero-order valence-corrected chi connectivity index (χ0v) is 40.6. The fraction of sp³-hybridized carbons (Fsp3) is 0.960. The van der Waals surface area contributed by atoms with E-state index in [2.05, 4.69) is 27.7 Å². The maximum atomic E-state index is 13.6. The Morgan fingerprint density at radius 2 is 0.688 bits per heavy atom. The van der Waals surface area contributed by atoms with Crippen molar-refractivity contribution < 1.29 is 68.6 Å². The molecule has 3 heterocycles. The zero-order valence-electron chi connectivity index (χ0n) is 40.6. The summed E-state index contributed by atoms with van der Waals surface area (Å²) in [5, 5.41) is 65.6. The Balaban J connectivity index is 1.65. The Labute approximate surface area is 385 Å². The topological polar surface area (TPSA) is 211 Å². The third-order valence-corrected chi connectivity index (χ3v) is 13.6. The van der Waals surface area contributed by atoms with E-state index in [1.165, 1.54) is 77.0 Å². The van der Waals surface area contributed by atoms with Crippen molar-refractivity contribution in [3.63, 3.8) is 0 Å². The van der Waals surface area contributed by atoms with Crippen LogP contribution in [0.15, 0.2) is 0 Å². The van der Waals surface area contributed by atoms with E-state index in [4.69, 9.17) is 28.4 Å². The van der Waals surface area contributed by atoms with Crippen molar-refractivity contribution in [2.75, 3.05) is 13.2 Å². The lowest BCUT2D eigenvalue weighted by Gasteiger charge is -2.43. The fourth-order valence-corrected chi connectivity index (χ4v) is 9.07. The SMILES string of the molecule is CC(C)CCCCCCCCCCCC[C@@H]1O[C@@H]2O[C@H](COC(=O)[C@@H](C)[C@@H](CCCCCCCCCCCCC(C)C)O[C@@H]3O[C@H](COC(=O)[C@H]1C)[C@@H](O)[C@H](O)[C@H]3O)[C@@H](O)[C@H](O)[C@H]2O. The number of carbonyl (C=O) groups excluding carboxylic acids is 2. The molecule has 3 saturated heterocycles. The summed E-state index contributed by atoms with van der Waals surface area (Å²) in [4.78, 5) is 27.3. The third kappa shape index (κ3) is 20.4. The van der Waals surface area contributed by atoms with Gasteiger partial charge in [-0.05, 0) is 38.5 Å². The first kappa shape index (κ1) is 56.9. The Bertz CT molecular complexity index is 1140. The molecule has 0 spiro atoms. The van der Waals surface area contributed by atoms with Gasteiger partial charge in [0.15, 0.2) is 12.6 Å². The number of ether oxygens (including phenoxy) is 6. The summed E-state index contributed by atoms with van der Waals surface area (Å²) in [6, 6.07) is 0. The van der Waals surface area contributed by atoms with Crippen LogP contribution in [-0.4, -0.2) is 129 Å². The Morgan fingerprint density at radius 3 is 0.984 bits per heavy atom. The highest BCUT2D eigenvalue weighted by atomic mass is 16.7. The summed E-state index contributed by atoms with van der Waals surface area (Å²) in [5.41, 5.74) is 0. The van der Waals surface area contributed by atoms with Crippen LogP contribution in [-0.2, 0) is 38.0 Å². The maximum Gasteiger partial charge on any atom is 0.311 e. The Morgan fingerprint density at radius 1 is 0.406 bits per heavy atom. The van der Waals surface area contributed by atoms with Gasteiger partial charge in [0, 0.05) is 0 Å². The smallest absolute Gasteiger partial charge is 0.311 e. The number of hydrogen-bond donors (Lipinski definition) is 6.